The molecule has 0 bridgehead atoms. The molecule has 0 aliphatic heterocycles. The molecule has 0 saturated carbocycles. The van der Waals surface area contributed by atoms with Crippen molar-refractivity contribution in [1.82, 2.24) is 4.98 Å². The molecule has 0 radical (unpaired) electrons. The Morgan fingerprint density at radius 1 is 1.39 bits per heavy atom. The Kier molecular flexibility index (Phi) is 4.26. The monoisotopic (exact) mass is 328 g/mol. The normalized spacial score (nSPS) is 21.5. The second-order valence-electron chi connectivity index (χ2n) is 6.39. The van der Waals surface area contributed by atoms with Crippen LogP contribution in [0.3, 0.4) is 0 Å². The lowest BCUT2D eigenvalue weighted by molar-refractivity contribution is -0.181. The number of pyridine rings is 1. The summed E-state index contributed by atoms with van der Waals surface area (Å²) in [7, 11) is 1.26. The number of alkyl halides is 3. The van der Waals surface area contributed by atoms with Gasteiger partial charge in [0.1, 0.15) is 10.8 Å². The quantitative estimate of drug-likeness (QED) is 0.684. The van der Waals surface area contributed by atoms with Crippen LogP contribution in [0.4, 0.5) is 13.2 Å². The number of halogens is 3. The number of rotatable bonds is 3. The minimum absolute atomic E-state index is 0.0378. The Hall–Kier alpha value is -1.92. The second kappa shape index (κ2) is 5.62. The van der Waals surface area contributed by atoms with Crippen LogP contribution in [-0.4, -0.2) is 30.5 Å². The summed E-state index contributed by atoms with van der Waals surface area (Å²) in [6.07, 6.45) is -2.47. The van der Waals surface area contributed by atoms with Crippen LogP contribution in [0, 0.1) is 10.8 Å². The molecule has 0 saturated heterocycles. The van der Waals surface area contributed by atoms with Gasteiger partial charge in [0.15, 0.2) is 0 Å². The van der Waals surface area contributed by atoms with Crippen LogP contribution in [0.2, 0.25) is 0 Å². The first-order valence-electron chi connectivity index (χ1n) is 7.23. The van der Waals surface area contributed by atoms with Crippen LogP contribution < -0.4 is 0 Å². The fraction of sp³-hybridized carbons (Fsp3) is 0.562. The lowest BCUT2D eigenvalue weighted by Gasteiger charge is -2.33. The van der Waals surface area contributed by atoms with Crippen molar-refractivity contribution in [3.8, 4) is 0 Å². The van der Waals surface area contributed by atoms with Gasteiger partial charge in [-0.2, -0.15) is 13.2 Å². The van der Waals surface area contributed by atoms with E-state index in [0.717, 1.165) is 20.1 Å². The zero-order valence-corrected chi connectivity index (χ0v) is 13.3. The molecule has 1 heterocycles. The van der Waals surface area contributed by atoms with Crippen LogP contribution in [0.5, 0.6) is 0 Å². The molecule has 1 atom stereocenters. The third-order valence-electron chi connectivity index (χ3n) is 4.60. The number of aromatic nitrogens is 1. The number of fused-ring (bicyclic) bond motifs is 1. The molecule has 0 spiro atoms. The van der Waals surface area contributed by atoms with E-state index in [-0.39, 0.29) is 12.1 Å². The van der Waals surface area contributed by atoms with Crippen molar-refractivity contribution in [1.29, 1.82) is 5.41 Å². The summed E-state index contributed by atoms with van der Waals surface area (Å²) in [6, 6.07) is 2.93. The third-order valence-corrected chi connectivity index (χ3v) is 4.60. The van der Waals surface area contributed by atoms with Gasteiger partial charge in [-0.25, -0.2) is 0 Å². The fourth-order valence-corrected chi connectivity index (χ4v) is 2.73. The number of ether oxygens (including phenoxy) is 1. The van der Waals surface area contributed by atoms with Crippen molar-refractivity contribution < 1.29 is 22.7 Å². The number of esters is 1. The molecule has 0 amide bonds. The van der Waals surface area contributed by atoms with Crippen molar-refractivity contribution in [2.45, 2.75) is 44.7 Å². The highest BCUT2D eigenvalue weighted by molar-refractivity contribution is 5.94. The van der Waals surface area contributed by atoms with E-state index in [2.05, 4.69) is 4.98 Å². The van der Waals surface area contributed by atoms with Gasteiger partial charge in [0.25, 0.3) is 0 Å². The maximum absolute atomic E-state index is 13.1. The van der Waals surface area contributed by atoms with Gasteiger partial charge in [0.05, 0.1) is 12.8 Å². The fourth-order valence-electron chi connectivity index (χ4n) is 2.73. The van der Waals surface area contributed by atoms with Gasteiger partial charge < -0.3 is 10.1 Å². The number of nitrogens with zero attached hydrogens (tertiary/aromatic N) is 1. The Balaban J connectivity index is 2.39. The zero-order valence-electron chi connectivity index (χ0n) is 13.3. The minimum Gasteiger partial charge on any atom is -0.468 e. The first-order chi connectivity index (χ1) is 10.6. The summed E-state index contributed by atoms with van der Waals surface area (Å²) in [6.45, 7) is 2.20. The number of hydrogen-bond acceptors (Lipinski definition) is 4. The number of carbonyl (C=O) groups is 1. The number of carbonyl (C=O) groups excluding carboxylic acids is 1. The number of methoxy groups -OCH3 is 1. The van der Waals surface area contributed by atoms with Crippen molar-refractivity contribution >= 4 is 12.2 Å². The van der Waals surface area contributed by atoms with Gasteiger partial charge >= 0.3 is 12.1 Å². The molecule has 0 fully saturated rings. The van der Waals surface area contributed by atoms with Gasteiger partial charge in [-0.1, -0.05) is 6.07 Å². The average molecular weight is 328 g/mol. The van der Waals surface area contributed by atoms with Crippen molar-refractivity contribution in [2.75, 3.05) is 7.11 Å². The minimum atomic E-state index is -4.40. The summed E-state index contributed by atoms with van der Waals surface area (Å²) in [4.78, 5) is 16.1. The highest BCUT2D eigenvalue weighted by Crippen LogP contribution is 2.41. The van der Waals surface area contributed by atoms with E-state index in [1.807, 2.05) is 0 Å². The van der Waals surface area contributed by atoms with Crippen LogP contribution in [0.1, 0.15) is 37.2 Å². The molecule has 1 aromatic heterocycles. The molecule has 1 unspecified atom stereocenters. The Morgan fingerprint density at radius 2 is 2.04 bits per heavy atom. The Bertz CT molecular complexity index is 641. The summed E-state index contributed by atoms with van der Waals surface area (Å²) in [5, 5.41) is 7.55. The molecule has 4 nitrogen and oxygen atoms in total. The van der Waals surface area contributed by atoms with E-state index in [9.17, 15) is 18.0 Å². The summed E-state index contributed by atoms with van der Waals surface area (Å²) in [5.41, 5.74) is -1.89. The maximum Gasteiger partial charge on any atom is 0.399 e. The van der Waals surface area contributed by atoms with E-state index in [0.29, 0.717) is 24.1 Å². The standard InChI is InChI=1S/C16H19F3N2O2/c1-14(2,16(17,18)19)12-5-4-10-8-15(9-20,13(22)23-3)7-6-11(10)21-12/h4-5,9,20H,6-8H2,1-3H3. The van der Waals surface area contributed by atoms with Gasteiger partial charge in [0.2, 0.25) is 0 Å². The predicted molar refractivity (Wildman–Crippen MR) is 78.6 cm³/mol. The highest BCUT2D eigenvalue weighted by Gasteiger charge is 2.50. The molecular weight excluding hydrogens is 309 g/mol. The lowest BCUT2D eigenvalue weighted by atomic mass is 9.73. The van der Waals surface area contributed by atoms with E-state index >= 15 is 0 Å². The molecule has 1 aromatic rings. The van der Waals surface area contributed by atoms with Crippen molar-refractivity contribution in [3.05, 3.63) is 29.1 Å². The van der Waals surface area contributed by atoms with Crippen LogP contribution in [0.15, 0.2) is 12.1 Å². The smallest absolute Gasteiger partial charge is 0.399 e. The Morgan fingerprint density at radius 3 is 2.57 bits per heavy atom. The largest absolute Gasteiger partial charge is 0.468 e. The molecule has 1 aliphatic rings. The summed E-state index contributed by atoms with van der Waals surface area (Å²) in [5.74, 6) is -0.502. The predicted octanol–water partition coefficient (Wildman–Crippen LogP) is 3.22. The summed E-state index contributed by atoms with van der Waals surface area (Å²) >= 11 is 0. The second-order valence-corrected chi connectivity index (χ2v) is 6.39. The maximum atomic E-state index is 13.1. The molecule has 1 aliphatic carbocycles. The van der Waals surface area contributed by atoms with Crippen LogP contribution in [0.25, 0.3) is 0 Å². The molecule has 1 N–H and O–H groups in total. The molecule has 0 aromatic carbocycles. The first-order valence-corrected chi connectivity index (χ1v) is 7.23. The molecule has 126 valence electrons. The number of aryl methyl sites for hydroxylation is 1. The highest BCUT2D eigenvalue weighted by atomic mass is 19.4. The number of nitrogens with one attached hydrogen (secondary N) is 1. The molecular formula is C16H19F3N2O2. The van der Waals surface area contributed by atoms with E-state index < -0.39 is 23.0 Å². The van der Waals surface area contributed by atoms with Gasteiger partial charge in [0, 0.05) is 11.9 Å². The van der Waals surface area contributed by atoms with Gasteiger partial charge in [-0.15, -0.1) is 0 Å². The molecule has 23 heavy (non-hydrogen) atoms. The zero-order chi connectivity index (χ0) is 17.5. The molecule has 7 heteroatoms. The number of hydrogen-bond donors (Lipinski definition) is 1. The Labute approximate surface area is 132 Å². The van der Waals surface area contributed by atoms with Crippen molar-refractivity contribution in [2.24, 2.45) is 5.41 Å². The average Bonchev–Trinajstić information content (AvgIpc) is 2.51. The molecule has 2 rings (SSSR count). The van der Waals surface area contributed by atoms with Crippen molar-refractivity contribution in [3.63, 3.8) is 0 Å². The topological polar surface area (TPSA) is 63.0 Å². The van der Waals surface area contributed by atoms with E-state index in [4.69, 9.17) is 10.1 Å². The third kappa shape index (κ3) is 2.84. The van der Waals surface area contributed by atoms with E-state index in [1.54, 1.807) is 6.07 Å². The first kappa shape index (κ1) is 17.4. The van der Waals surface area contributed by atoms with Gasteiger partial charge in [-0.3, -0.25) is 9.78 Å². The van der Waals surface area contributed by atoms with E-state index in [1.165, 1.54) is 13.2 Å². The lowest BCUT2D eigenvalue weighted by Crippen LogP contribution is -2.41. The van der Waals surface area contributed by atoms with Crippen LogP contribution in [-0.2, 0) is 27.8 Å². The van der Waals surface area contributed by atoms with Crippen LogP contribution >= 0.6 is 0 Å². The SMILES string of the molecule is COC(=O)C1(C=N)CCc2nc(C(C)(C)C(F)(F)F)ccc2C1. The van der Waals surface area contributed by atoms with Gasteiger partial charge in [-0.05, 0) is 44.7 Å². The summed E-state index contributed by atoms with van der Waals surface area (Å²) < 4.78 is 44.2.